The van der Waals surface area contributed by atoms with Gasteiger partial charge >= 0.3 is 17.9 Å². The second-order valence-electron chi connectivity index (χ2n) is 18.6. The van der Waals surface area contributed by atoms with E-state index in [1.54, 1.807) is 0 Å². The third-order valence-corrected chi connectivity index (χ3v) is 12.0. The Balaban J connectivity index is 4.46. The van der Waals surface area contributed by atoms with Gasteiger partial charge in [-0.3, -0.25) is 14.4 Å². The van der Waals surface area contributed by atoms with Gasteiger partial charge in [-0.2, -0.15) is 0 Å². The summed E-state index contributed by atoms with van der Waals surface area (Å²) in [6.45, 7) is 6.46. The minimum Gasteiger partial charge on any atom is -0.462 e. The Kier molecular flexibility index (Phi) is 52.4. The minimum atomic E-state index is -0.799. The summed E-state index contributed by atoms with van der Waals surface area (Å²) in [5, 5.41) is 0. The van der Waals surface area contributed by atoms with Crippen molar-refractivity contribution in [3.8, 4) is 0 Å². The Hall–Kier alpha value is -3.41. The van der Waals surface area contributed by atoms with Gasteiger partial charge < -0.3 is 14.2 Å². The molecule has 0 radical (unpaired) electrons. The lowest BCUT2D eigenvalue weighted by molar-refractivity contribution is -0.167. The standard InChI is InChI=1S/C61H104O6/c1-4-7-10-13-16-19-22-25-28-30-33-36-39-42-45-48-51-54-60(63)66-57-58(56-65-59(62)53-50-47-44-41-38-35-32-27-24-21-18-15-12-9-6-3)67-61(64)55-52-49-46-43-40-37-34-31-29-26-23-20-17-14-11-8-5-2/h9,12,15,18,21,24-29,32,35,38,58H,4-8,10-11,13-14,16-17,19-20,22-23,30-31,33-34,36-37,39-57H2,1-3H3/b12-9-,18-15-,24-21-,28-25-,29-26-,32-27-,38-35-. The normalized spacial score (nSPS) is 12.7. The zero-order valence-corrected chi connectivity index (χ0v) is 43.9. The molecule has 1 atom stereocenters. The number of allylic oxidation sites excluding steroid dienone is 14. The van der Waals surface area contributed by atoms with Gasteiger partial charge in [0, 0.05) is 19.3 Å². The number of rotatable bonds is 50. The molecular formula is C61H104O6. The van der Waals surface area contributed by atoms with Crippen LogP contribution < -0.4 is 0 Å². The first-order chi connectivity index (χ1) is 33.0. The van der Waals surface area contributed by atoms with E-state index in [9.17, 15) is 14.4 Å². The number of hydrogen-bond acceptors (Lipinski definition) is 6. The Bertz CT molecular complexity index is 1300. The van der Waals surface area contributed by atoms with Crippen molar-refractivity contribution in [2.75, 3.05) is 13.2 Å². The molecule has 6 heteroatoms. The third kappa shape index (κ3) is 53.4. The highest BCUT2D eigenvalue weighted by molar-refractivity contribution is 5.71. The Morgan fingerprint density at radius 3 is 0.970 bits per heavy atom. The SMILES string of the molecule is CC\C=C/C=C\C=C/C=C\C=C/CCCCCC(=O)OCC(COC(=O)CCCCCCCCC/C=C\CCCCCCCC)OC(=O)CCCCCCCCC/C=C\CCCCCCCC. The van der Waals surface area contributed by atoms with E-state index < -0.39 is 6.10 Å². The second kappa shape index (κ2) is 55.2. The van der Waals surface area contributed by atoms with Crippen LogP contribution >= 0.6 is 0 Å². The Labute approximate surface area is 414 Å². The van der Waals surface area contributed by atoms with Crippen molar-refractivity contribution in [2.45, 2.75) is 271 Å². The van der Waals surface area contributed by atoms with E-state index in [0.29, 0.717) is 19.3 Å². The van der Waals surface area contributed by atoms with Gasteiger partial charge in [0.15, 0.2) is 6.10 Å². The van der Waals surface area contributed by atoms with Crippen LogP contribution in [-0.2, 0) is 28.6 Å². The summed E-state index contributed by atoms with van der Waals surface area (Å²) in [5.41, 5.74) is 0. The quantitative estimate of drug-likeness (QED) is 0.0199. The summed E-state index contributed by atoms with van der Waals surface area (Å²) in [6.07, 6.45) is 71.4. The van der Waals surface area contributed by atoms with Gasteiger partial charge in [0.05, 0.1) is 0 Å². The lowest BCUT2D eigenvalue weighted by Gasteiger charge is -2.18. The molecule has 0 rings (SSSR count). The Morgan fingerprint density at radius 1 is 0.313 bits per heavy atom. The summed E-state index contributed by atoms with van der Waals surface area (Å²) in [7, 11) is 0. The average Bonchev–Trinajstić information content (AvgIpc) is 3.33. The van der Waals surface area contributed by atoms with E-state index >= 15 is 0 Å². The maximum Gasteiger partial charge on any atom is 0.306 e. The zero-order chi connectivity index (χ0) is 48.6. The maximum absolute atomic E-state index is 12.8. The predicted molar refractivity (Wildman–Crippen MR) is 288 cm³/mol. The van der Waals surface area contributed by atoms with Crippen LogP contribution in [0.5, 0.6) is 0 Å². The fourth-order valence-electron chi connectivity index (χ4n) is 7.75. The number of carbonyl (C=O) groups excluding carboxylic acids is 3. The van der Waals surface area contributed by atoms with Crippen molar-refractivity contribution in [3.05, 3.63) is 85.1 Å². The van der Waals surface area contributed by atoms with E-state index in [2.05, 4.69) is 57.2 Å². The number of hydrogen-bond donors (Lipinski definition) is 0. The fraction of sp³-hybridized carbons (Fsp3) is 0.721. The Morgan fingerprint density at radius 2 is 0.597 bits per heavy atom. The number of carbonyl (C=O) groups is 3. The van der Waals surface area contributed by atoms with Crippen LogP contribution in [0.4, 0.5) is 0 Å². The molecule has 0 aliphatic rings. The van der Waals surface area contributed by atoms with Gasteiger partial charge in [-0.05, 0) is 89.9 Å². The molecule has 0 saturated carbocycles. The second-order valence-corrected chi connectivity index (χ2v) is 18.6. The van der Waals surface area contributed by atoms with E-state index in [-0.39, 0.29) is 31.1 Å². The molecule has 1 unspecified atom stereocenters. The molecule has 0 aliphatic heterocycles. The maximum atomic E-state index is 12.8. The molecule has 0 heterocycles. The van der Waals surface area contributed by atoms with Crippen LogP contribution in [0.1, 0.15) is 265 Å². The molecule has 0 aromatic heterocycles. The summed E-state index contributed by atoms with van der Waals surface area (Å²) in [4.78, 5) is 38.1. The van der Waals surface area contributed by atoms with E-state index in [1.807, 2.05) is 48.6 Å². The highest BCUT2D eigenvalue weighted by atomic mass is 16.6. The number of esters is 3. The van der Waals surface area contributed by atoms with E-state index in [4.69, 9.17) is 14.2 Å². The van der Waals surface area contributed by atoms with Crippen LogP contribution in [0.15, 0.2) is 85.1 Å². The molecule has 0 aromatic rings. The molecule has 0 N–H and O–H groups in total. The summed E-state index contributed by atoms with van der Waals surface area (Å²) in [6, 6.07) is 0. The lowest BCUT2D eigenvalue weighted by atomic mass is 10.1. The van der Waals surface area contributed by atoms with Gasteiger partial charge in [-0.15, -0.1) is 0 Å². The summed E-state index contributed by atoms with van der Waals surface area (Å²) >= 11 is 0. The first kappa shape index (κ1) is 63.6. The van der Waals surface area contributed by atoms with Crippen molar-refractivity contribution in [1.29, 1.82) is 0 Å². The lowest BCUT2D eigenvalue weighted by Crippen LogP contribution is -2.30. The average molecular weight is 933 g/mol. The van der Waals surface area contributed by atoms with Crippen LogP contribution in [0.2, 0.25) is 0 Å². The first-order valence-electron chi connectivity index (χ1n) is 28.2. The molecule has 6 nitrogen and oxygen atoms in total. The number of unbranched alkanes of at least 4 members (excludes halogenated alkanes) is 29. The minimum absolute atomic E-state index is 0.0942. The van der Waals surface area contributed by atoms with E-state index in [0.717, 1.165) is 70.6 Å². The molecule has 0 spiro atoms. The highest BCUT2D eigenvalue weighted by Crippen LogP contribution is 2.15. The largest absolute Gasteiger partial charge is 0.462 e. The van der Waals surface area contributed by atoms with Crippen molar-refractivity contribution >= 4 is 17.9 Å². The molecule has 0 aliphatic carbocycles. The molecule has 67 heavy (non-hydrogen) atoms. The van der Waals surface area contributed by atoms with Crippen LogP contribution in [-0.4, -0.2) is 37.2 Å². The summed E-state index contributed by atoms with van der Waals surface area (Å²) in [5.74, 6) is -0.941. The highest BCUT2D eigenvalue weighted by Gasteiger charge is 2.19. The van der Waals surface area contributed by atoms with Gasteiger partial charge in [0.2, 0.25) is 0 Å². The zero-order valence-electron chi connectivity index (χ0n) is 43.9. The number of ether oxygens (including phenoxy) is 3. The predicted octanol–water partition coefficient (Wildman–Crippen LogP) is 18.8. The smallest absolute Gasteiger partial charge is 0.306 e. The topological polar surface area (TPSA) is 78.9 Å². The third-order valence-electron chi connectivity index (χ3n) is 12.0. The van der Waals surface area contributed by atoms with Crippen molar-refractivity contribution in [1.82, 2.24) is 0 Å². The molecule has 0 saturated heterocycles. The molecule has 384 valence electrons. The monoisotopic (exact) mass is 933 g/mol. The molecule has 0 fully saturated rings. The first-order valence-corrected chi connectivity index (χ1v) is 28.2. The van der Waals surface area contributed by atoms with E-state index in [1.165, 1.54) is 154 Å². The van der Waals surface area contributed by atoms with Crippen LogP contribution in [0.25, 0.3) is 0 Å². The molecule has 0 bridgehead atoms. The van der Waals surface area contributed by atoms with Crippen molar-refractivity contribution < 1.29 is 28.6 Å². The molecule has 0 aromatic carbocycles. The molecule has 0 amide bonds. The van der Waals surface area contributed by atoms with Gasteiger partial charge in [0.25, 0.3) is 0 Å². The van der Waals surface area contributed by atoms with Crippen LogP contribution in [0.3, 0.4) is 0 Å². The van der Waals surface area contributed by atoms with Gasteiger partial charge in [-0.25, -0.2) is 0 Å². The van der Waals surface area contributed by atoms with Gasteiger partial charge in [0.1, 0.15) is 13.2 Å². The van der Waals surface area contributed by atoms with Crippen LogP contribution in [0, 0.1) is 0 Å². The molecular weight excluding hydrogens is 829 g/mol. The van der Waals surface area contributed by atoms with Crippen molar-refractivity contribution in [3.63, 3.8) is 0 Å². The van der Waals surface area contributed by atoms with Crippen molar-refractivity contribution in [2.24, 2.45) is 0 Å². The summed E-state index contributed by atoms with van der Waals surface area (Å²) < 4.78 is 16.8. The van der Waals surface area contributed by atoms with Gasteiger partial charge in [-0.1, -0.05) is 241 Å². The fourth-order valence-corrected chi connectivity index (χ4v) is 7.75.